The van der Waals surface area contributed by atoms with Gasteiger partial charge in [-0.15, -0.1) is 0 Å². The van der Waals surface area contributed by atoms with Crippen LogP contribution in [0, 0.1) is 0 Å². The van der Waals surface area contributed by atoms with Gasteiger partial charge in [0.2, 0.25) is 0 Å². The van der Waals surface area contributed by atoms with E-state index in [1.54, 1.807) is 11.0 Å². The predicted molar refractivity (Wildman–Crippen MR) is 64.8 cm³/mol. The average molecular weight is 275 g/mol. The number of aliphatic hydroxyl groups is 2. The van der Waals surface area contributed by atoms with Crippen molar-refractivity contribution in [2.75, 3.05) is 18.1 Å². The molecule has 1 aromatic carbocycles. The van der Waals surface area contributed by atoms with E-state index in [4.69, 9.17) is 10.2 Å². The van der Waals surface area contributed by atoms with Crippen molar-refractivity contribution >= 4 is 5.69 Å². The second-order valence-corrected chi connectivity index (χ2v) is 4.65. The summed E-state index contributed by atoms with van der Waals surface area (Å²) in [5, 5.41) is 18.0. The van der Waals surface area contributed by atoms with Gasteiger partial charge in [-0.25, -0.2) is 0 Å². The summed E-state index contributed by atoms with van der Waals surface area (Å²) in [6, 6.07) is 4.13. The summed E-state index contributed by atoms with van der Waals surface area (Å²) < 4.78 is 38.7. The molecule has 0 aliphatic heterocycles. The van der Waals surface area contributed by atoms with Crippen LogP contribution in [0.3, 0.4) is 0 Å². The van der Waals surface area contributed by atoms with Crippen molar-refractivity contribution in [2.45, 2.75) is 31.7 Å². The summed E-state index contributed by atoms with van der Waals surface area (Å²) >= 11 is 0. The lowest BCUT2D eigenvalue weighted by Gasteiger charge is -2.25. The minimum absolute atomic E-state index is 0.0976. The van der Waals surface area contributed by atoms with Gasteiger partial charge in [-0.3, -0.25) is 0 Å². The van der Waals surface area contributed by atoms with Gasteiger partial charge in [0.25, 0.3) is 0 Å². The fourth-order valence-corrected chi connectivity index (χ4v) is 2.16. The molecule has 1 fully saturated rings. The van der Waals surface area contributed by atoms with Gasteiger partial charge < -0.3 is 15.1 Å². The summed E-state index contributed by atoms with van der Waals surface area (Å²) in [7, 11) is 0. The van der Waals surface area contributed by atoms with Gasteiger partial charge in [-0.1, -0.05) is 6.07 Å². The van der Waals surface area contributed by atoms with Crippen LogP contribution in [0.4, 0.5) is 18.9 Å². The number of hydrogen-bond acceptors (Lipinski definition) is 3. The molecule has 0 saturated heterocycles. The van der Waals surface area contributed by atoms with E-state index in [2.05, 4.69) is 0 Å². The van der Waals surface area contributed by atoms with Crippen molar-refractivity contribution in [1.29, 1.82) is 0 Å². The zero-order chi connectivity index (χ0) is 14.0. The van der Waals surface area contributed by atoms with Crippen molar-refractivity contribution in [3.05, 3.63) is 29.3 Å². The van der Waals surface area contributed by atoms with Crippen LogP contribution in [-0.2, 0) is 12.8 Å². The molecule has 0 heterocycles. The summed E-state index contributed by atoms with van der Waals surface area (Å²) in [5.41, 5.74) is -0.492. The van der Waals surface area contributed by atoms with E-state index in [0.717, 1.165) is 18.9 Å². The first kappa shape index (κ1) is 14.1. The number of anilines is 1. The second kappa shape index (κ2) is 5.38. The van der Waals surface area contributed by atoms with Gasteiger partial charge in [-0.05, 0) is 30.5 Å². The first-order chi connectivity index (χ1) is 8.97. The molecule has 6 heteroatoms. The molecule has 0 unspecified atom stereocenters. The fraction of sp³-hybridized carbons (Fsp3) is 0.538. The predicted octanol–water partition coefficient (Wildman–Crippen LogP) is 2.16. The van der Waals surface area contributed by atoms with Gasteiger partial charge in [0.15, 0.2) is 0 Å². The molecule has 1 aliphatic carbocycles. The topological polar surface area (TPSA) is 43.7 Å². The molecule has 0 spiro atoms. The Balaban J connectivity index is 2.36. The van der Waals surface area contributed by atoms with Crippen LogP contribution in [0.25, 0.3) is 0 Å². The lowest BCUT2D eigenvalue weighted by Crippen LogP contribution is -2.29. The lowest BCUT2D eigenvalue weighted by atomic mass is 10.1. The Morgan fingerprint density at radius 3 is 2.37 bits per heavy atom. The Bertz CT molecular complexity index is 444. The Morgan fingerprint density at radius 1 is 1.21 bits per heavy atom. The molecule has 1 saturated carbocycles. The third-order valence-corrected chi connectivity index (χ3v) is 3.23. The van der Waals surface area contributed by atoms with E-state index in [-0.39, 0.29) is 18.2 Å². The van der Waals surface area contributed by atoms with E-state index in [9.17, 15) is 13.2 Å². The van der Waals surface area contributed by atoms with E-state index >= 15 is 0 Å². The Labute approximate surface area is 109 Å². The minimum Gasteiger partial charge on any atom is -0.395 e. The minimum atomic E-state index is -4.48. The molecule has 106 valence electrons. The quantitative estimate of drug-likeness (QED) is 0.865. The third-order valence-electron chi connectivity index (χ3n) is 3.23. The average Bonchev–Trinajstić information content (AvgIpc) is 3.18. The molecular weight excluding hydrogens is 259 g/mol. The molecule has 0 atom stereocenters. The highest BCUT2D eigenvalue weighted by molar-refractivity contribution is 5.53. The largest absolute Gasteiger partial charge is 0.416 e. The molecule has 0 radical (unpaired) electrons. The van der Waals surface area contributed by atoms with Gasteiger partial charge in [-0.2, -0.15) is 13.2 Å². The van der Waals surface area contributed by atoms with Crippen LogP contribution in [-0.4, -0.2) is 29.4 Å². The van der Waals surface area contributed by atoms with Crippen molar-refractivity contribution < 1.29 is 23.4 Å². The highest BCUT2D eigenvalue weighted by atomic mass is 19.4. The van der Waals surface area contributed by atoms with Crippen molar-refractivity contribution in [3.8, 4) is 0 Å². The maximum Gasteiger partial charge on any atom is 0.416 e. The Hall–Kier alpha value is -1.27. The summed E-state index contributed by atoms with van der Waals surface area (Å²) in [6.07, 6.45) is -2.62. The van der Waals surface area contributed by atoms with Crippen molar-refractivity contribution in [3.63, 3.8) is 0 Å². The monoisotopic (exact) mass is 275 g/mol. The zero-order valence-electron chi connectivity index (χ0n) is 10.3. The second-order valence-electron chi connectivity index (χ2n) is 4.65. The number of aliphatic hydroxyl groups excluding tert-OH is 2. The van der Waals surface area contributed by atoms with Crippen LogP contribution in [0.15, 0.2) is 18.2 Å². The summed E-state index contributed by atoms with van der Waals surface area (Å²) in [5.74, 6) is 0. The SMILES string of the molecule is OCCN(c1ccc(CO)c(C(F)(F)F)c1)C1CC1. The smallest absolute Gasteiger partial charge is 0.395 e. The van der Waals surface area contributed by atoms with Crippen LogP contribution < -0.4 is 4.90 Å². The van der Waals surface area contributed by atoms with E-state index in [1.165, 1.54) is 6.07 Å². The molecular formula is C13H16F3NO2. The van der Waals surface area contributed by atoms with Crippen LogP contribution >= 0.6 is 0 Å². The normalized spacial score (nSPS) is 15.6. The number of halogens is 3. The van der Waals surface area contributed by atoms with Gasteiger partial charge in [0.05, 0.1) is 18.8 Å². The van der Waals surface area contributed by atoms with Crippen molar-refractivity contribution in [2.24, 2.45) is 0 Å². The number of rotatable bonds is 5. The number of alkyl halides is 3. The van der Waals surface area contributed by atoms with Gasteiger partial charge in [0, 0.05) is 18.3 Å². The molecule has 0 bridgehead atoms. The fourth-order valence-electron chi connectivity index (χ4n) is 2.16. The Morgan fingerprint density at radius 2 is 1.89 bits per heavy atom. The Kier molecular flexibility index (Phi) is 4.01. The van der Waals surface area contributed by atoms with E-state index < -0.39 is 18.3 Å². The standard InChI is InChI=1S/C13H16F3NO2/c14-13(15,16)12-7-11(2-1-9(12)8-19)17(5-6-18)10-3-4-10/h1-2,7,10,18-19H,3-6,8H2. The number of benzene rings is 1. The summed E-state index contributed by atoms with van der Waals surface area (Å²) in [6.45, 7) is -0.418. The molecule has 0 amide bonds. The van der Waals surface area contributed by atoms with Crippen LogP contribution in [0.1, 0.15) is 24.0 Å². The van der Waals surface area contributed by atoms with E-state index in [1.807, 2.05) is 0 Å². The maximum absolute atomic E-state index is 12.9. The highest BCUT2D eigenvalue weighted by Crippen LogP contribution is 2.37. The first-order valence-electron chi connectivity index (χ1n) is 6.16. The van der Waals surface area contributed by atoms with Crippen LogP contribution in [0.2, 0.25) is 0 Å². The molecule has 19 heavy (non-hydrogen) atoms. The van der Waals surface area contributed by atoms with Crippen LogP contribution in [0.5, 0.6) is 0 Å². The third kappa shape index (κ3) is 3.19. The molecule has 1 aromatic rings. The zero-order valence-corrected chi connectivity index (χ0v) is 10.3. The molecule has 1 aliphatic rings. The molecule has 2 N–H and O–H groups in total. The molecule has 3 nitrogen and oxygen atoms in total. The summed E-state index contributed by atoms with van der Waals surface area (Å²) in [4.78, 5) is 1.79. The molecule has 2 rings (SSSR count). The maximum atomic E-state index is 12.9. The van der Waals surface area contributed by atoms with Gasteiger partial charge in [0.1, 0.15) is 0 Å². The van der Waals surface area contributed by atoms with Gasteiger partial charge >= 0.3 is 6.18 Å². The first-order valence-corrected chi connectivity index (χ1v) is 6.16. The molecule has 0 aromatic heterocycles. The van der Waals surface area contributed by atoms with E-state index in [0.29, 0.717) is 12.2 Å². The number of nitrogens with zero attached hydrogens (tertiary/aromatic N) is 1. The lowest BCUT2D eigenvalue weighted by molar-refractivity contribution is -0.138. The van der Waals surface area contributed by atoms with Crippen molar-refractivity contribution in [1.82, 2.24) is 0 Å². The number of hydrogen-bond donors (Lipinski definition) is 2. The highest BCUT2D eigenvalue weighted by Gasteiger charge is 2.35.